The third-order valence-corrected chi connectivity index (χ3v) is 5.45. The van der Waals surface area contributed by atoms with Gasteiger partial charge in [0.2, 0.25) is 11.8 Å². The molecule has 176 valence electrons. The van der Waals surface area contributed by atoms with Gasteiger partial charge in [-0.05, 0) is 39.0 Å². The fraction of sp³-hybridized carbons (Fsp3) is 0.792. The van der Waals surface area contributed by atoms with E-state index in [0.29, 0.717) is 12.2 Å². The van der Waals surface area contributed by atoms with Gasteiger partial charge in [0, 0.05) is 18.0 Å². The highest BCUT2D eigenvalue weighted by Gasteiger charge is 2.33. The topological polar surface area (TPSA) is 75.7 Å². The van der Waals surface area contributed by atoms with Crippen molar-refractivity contribution in [1.29, 1.82) is 0 Å². The number of ether oxygens (including phenoxy) is 1. The van der Waals surface area contributed by atoms with Gasteiger partial charge in [0.15, 0.2) is 0 Å². The van der Waals surface area contributed by atoms with Gasteiger partial charge in [0.1, 0.15) is 0 Å². The molecule has 0 aromatic carbocycles. The van der Waals surface area contributed by atoms with E-state index in [4.69, 9.17) is 4.74 Å². The van der Waals surface area contributed by atoms with Crippen LogP contribution >= 0.6 is 0 Å². The van der Waals surface area contributed by atoms with Crippen LogP contribution in [0.4, 0.5) is 0 Å². The van der Waals surface area contributed by atoms with Crippen LogP contribution in [0.2, 0.25) is 0 Å². The van der Waals surface area contributed by atoms with Gasteiger partial charge >= 0.3 is 5.97 Å². The van der Waals surface area contributed by atoms with E-state index < -0.39 is 5.41 Å². The van der Waals surface area contributed by atoms with Gasteiger partial charge in [-0.15, -0.1) is 0 Å². The summed E-state index contributed by atoms with van der Waals surface area (Å²) in [5.74, 6) is -0.528. The van der Waals surface area contributed by atoms with Crippen molar-refractivity contribution in [1.82, 2.24) is 10.2 Å². The largest absolute Gasteiger partial charge is 0.463 e. The predicted molar refractivity (Wildman–Crippen MR) is 124 cm³/mol. The molecule has 1 N–H and O–H groups in total. The third kappa shape index (κ3) is 9.77. The quantitative estimate of drug-likeness (QED) is 0.383. The lowest BCUT2D eigenvalue weighted by Gasteiger charge is -2.31. The minimum atomic E-state index is -0.420. The Morgan fingerprint density at radius 2 is 1.47 bits per heavy atom. The van der Waals surface area contributed by atoms with Crippen molar-refractivity contribution in [3.8, 4) is 0 Å². The van der Waals surface area contributed by atoms with Crippen LogP contribution in [-0.2, 0) is 19.1 Å². The first-order valence-corrected chi connectivity index (χ1v) is 11.4. The number of carbonyl (C=O) groups is 3. The van der Waals surface area contributed by atoms with Gasteiger partial charge in [0.25, 0.3) is 0 Å². The van der Waals surface area contributed by atoms with Crippen molar-refractivity contribution >= 4 is 17.8 Å². The third-order valence-electron chi connectivity index (χ3n) is 5.45. The van der Waals surface area contributed by atoms with Crippen molar-refractivity contribution in [2.24, 2.45) is 11.3 Å². The lowest BCUT2D eigenvalue weighted by Crippen LogP contribution is -2.48. The second kappa shape index (κ2) is 15.9. The Kier molecular flexibility index (Phi) is 16.1. The average Bonchev–Trinajstić information content (AvgIpc) is 2.71. The van der Waals surface area contributed by atoms with E-state index in [1.54, 1.807) is 31.9 Å². The van der Waals surface area contributed by atoms with Gasteiger partial charge in [-0.1, -0.05) is 61.0 Å². The van der Waals surface area contributed by atoms with Crippen LogP contribution in [0.5, 0.6) is 0 Å². The van der Waals surface area contributed by atoms with Crippen LogP contribution < -0.4 is 5.32 Å². The maximum absolute atomic E-state index is 12.6. The summed E-state index contributed by atoms with van der Waals surface area (Å²) >= 11 is 0. The lowest BCUT2D eigenvalue weighted by molar-refractivity contribution is -0.138. The van der Waals surface area contributed by atoms with E-state index in [1.807, 2.05) is 34.6 Å². The molecule has 0 rings (SSSR count). The maximum atomic E-state index is 12.6. The average molecular weight is 427 g/mol. The summed E-state index contributed by atoms with van der Waals surface area (Å²) in [5.41, 5.74) is 0.0534. The number of hydrogen-bond acceptors (Lipinski definition) is 4. The van der Waals surface area contributed by atoms with E-state index in [-0.39, 0.29) is 36.3 Å². The molecule has 0 bridgehead atoms. The SMILES string of the molecule is CCC.CCOC(=O)/C(C)=C/[C@H](C(C)C)N(C)C(=O)CNC(=O)C(CC)(CC)CC. The van der Waals surface area contributed by atoms with E-state index in [1.165, 1.54) is 6.42 Å². The van der Waals surface area contributed by atoms with Crippen molar-refractivity contribution in [3.05, 3.63) is 11.6 Å². The van der Waals surface area contributed by atoms with E-state index >= 15 is 0 Å². The smallest absolute Gasteiger partial charge is 0.333 e. The summed E-state index contributed by atoms with van der Waals surface area (Å²) in [6.45, 7) is 17.9. The number of likely N-dealkylation sites (N-methyl/N-ethyl adjacent to an activating group) is 1. The Morgan fingerprint density at radius 3 is 1.83 bits per heavy atom. The first kappa shape index (κ1) is 30.3. The number of carbonyl (C=O) groups excluding carboxylic acids is 3. The highest BCUT2D eigenvalue weighted by atomic mass is 16.5. The normalized spacial score (nSPS) is 12.6. The van der Waals surface area contributed by atoms with Gasteiger partial charge in [-0.25, -0.2) is 4.79 Å². The highest BCUT2D eigenvalue weighted by Crippen LogP contribution is 2.30. The Bertz CT molecular complexity index is 543. The first-order chi connectivity index (χ1) is 14.0. The van der Waals surface area contributed by atoms with Crippen LogP contribution in [-0.4, -0.2) is 48.9 Å². The standard InChI is InChI=1S/C21H38N2O4.C3H8/c1-9-21(10-2,11-3)20(26)22-14-18(24)23(8)17(15(5)6)13-16(7)19(25)27-12-4;1-3-2/h13,15,17H,9-12,14H2,1-8H3,(H,22,26);3H2,1-2H3/b16-13+;/t17-;/m1./s1. The van der Waals surface area contributed by atoms with E-state index in [0.717, 1.165) is 19.3 Å². The summed E-state index contributed by atoms with van der Waals surface area (Å²) < 4.78 is 5.01. The van der Waals surface area contributed by atoms with Crippen molar-refractivity contribution < 1.29 is 19.1 Å². The van der Waals surface area contributed by atoms with Crippen LogP contribution in [0.25, 0.3) is 0 Å². The number of amides is 2. The number of hydrogen-bond donors (Lipinski definition) is 1. The van der Waals surface area contributed by atoms with Crippen LogP contribution in [0.15, 0.2) is 11.6 Å². The summed E-state index contributed by atoms with van der Waals surface area (Å²) in [5, 5.41) is 2.80. The molecule has 0 radical (unpaired) electrons. The minimum absolute atomic E-state index is 0.0490. The molecule has 0 saturated carbocycles. The Balaban J connectivity index is 0. The molecule has 0 saturated heterocycles. The van der Waals surface area contributed by atoms with Gasteiger partial charge in [-0.3, -0.25) is 9.59 Å². The molecular weight excluding hydrogens is 380 g/mol. The van der Waals surface area contributed by atoms with Crippen LogP contribution in [0.3, 0.4) is 0 Å². The second-order valence-corrected chi connectivity index (χ2v) is 8.04. The minimum Gasteiger partial charge on any atom is -0.463 e. The molecule has 30 heavy (non-hydrogen) atoms. The zero-order valence-corrected chi connectivity index (χ0v) is 21.1. The molecule has 0 aromatic rings. The molecule has 0 aliphatic carbocycles. The van der Waals surface area contributed by atoms with E-state index in [9.17, 15) is 14.4 Å². The molecule has 0 spiro atoms. The predicted octanol–water partition coefficient (Wildman–Crippen LogP) is 4.73. The van der Waals surface area contributed by atoms with Gasteiger partial charge in [-0.2, -0.15) is 0 Å². The highest BCUT2D eigenvalue weighted by molar-refractivity contribution is 5.89. The van der Waals surface area contributed by atoms with E-state index in [2.05, 4.69) is 19.2 Å². The zero-order valence-electron chi connectivity index (χ0n) is 21.1. The molecule has 2 amide bonds. The monoisotopic (exact) mass is 426 g/mol. The summed E-state index contributed by atoms with van der Waals surface area (Å²) in [6.07, 6.45) is 5.24. The van der Waals surface area contributed by atoms with Gasteiger partial charge in [0.05, 0.1) is 19.2 Å². The molecule has 6 nitrogen and oxygen atoms in total. The second-order valence-electron chi connectivity index (χ2n) is 8.04. The molecule has 6 heteroatoms. The summed E-state index contributed by atoms with van der Waals surface area (Å²) in [6, 6.07) is -0.257. The summed E-state index contributed by atoms with van der Waals surface area (Å²) in [4.78, 5) is 38.7. The summed E-state index contributed by atoms with van der Waals surface area (Å²) in [7, 11) is 1.70. The Morgan fingerprint density at radius 1 is 1.00 bits per heavy atom. The molecular formula is C24H46N2O4. The molecule has 1 atom stereocenters. The number of rotatable bonds is 11. The van der Waals surface area contributed by atoms with Crippen molar-refractivity contribution in [2.75, 3.05) is 20.2 Å². The number of nitrogens with zero attached hydrogens (tertiary/aromatic N) is 1. The number of nitrogens with one attached hydrogen (secondary N) is 1. The molecule has 0 unspecified atom stereocenters. The van der Waals surface area contributed by atoms with Gasteiger partial charge < -0.3 is 15.0 Å². The lowest BCUT2D eigenvalue weighted by atomic mass is 9.79. The van der Waals surface area contributed by atoms with Crippen molar-refractivity contribution in [2.45, 2.75) is 94.0 Å². The number of esters is 1. The molecule has 0 aromatic heterocycles. The zero-order chi connectivity index (χ0) is 23.9. The fourth-order valence-electron chi connectivity index (χ4n) is 3.19. The molecule has 0 fully saturated rings. The Labute approximate surface area is 184 Å². The maximum Gasteiger partial charge on any atom is 0.333 e. The van der Waals surface area contributed by atoms with Crippen LogP contribution in [0, 0.1) is 11.3 Å². The van der Waals surface area contributed by atoms with Crippen molar-refractivity contribution in [3.63, 3.8) is 0 Å². The molecule has 0 aliphatic heterocycles. The van der Waals surface area contributed by atoms with Crippen LogP contribution in [0.1, 0.15) is 88.0 Å². The molecule has 0 heterocycles. The fourth-order valence-corrected chi connectivity index (χ4v) is 3.19. The first-order valence-electron chi connectivity index (χ1n) is 11.4. The Hall–Kier alpha value is -1.85. The molecule has 0 aliphatic rings.